The van der Waals surface area contributed by atoms with Gasteiger partial charge < -0.3 is 14.8 Å². The molecule has 148 valence electrons. The van der Waals surface area contributed by atoms with Gasteiger partial charge in [-0.3, -0.25) is 14.4 Å². The number of halogens is 1. The van der Waals surface area contributed by atoms with Gasteiger partial charge in [-0.05, 0) is 54.6 Å². The number of imide groups is 1. The number of ether oxygens (including phenoxy) is 2. The van der Waals surface area contributed by atoms with Gasteiger partial charge in [0.25, 0.3) is 17.7 Å². The molecular formula is C22H13ClN2O5. The van der Waals surface area contributed by atoms with Crippen LogP contribution in [-0.2, 0) is 0 Å². The molecule has 30 heavy (non-hydrogen) atoms. The predicted molar refractivity (Wildman–Crippen MR) is 110 cm³/mol. The number of anilines is 2. The van der Waals surface area contributed by atoms with E-state index in [9.17, 15) is 14.4 Å². The van der Waals surface area contributed by atoms with Gasteiger partial charge in [-0.15, -0.1) is 0 Å². The van der Waals surface area contributed by atoms with Crippen LogP contribution >= 0.6 is 11.6 Å². The van der Waals surface area contributed by atoms with Gasteiger partial charge in [-0.1, -0.05) is 11.6 Å². The van der Waals surface area contributed by atoms with E-state index in [4.69, 9.17) is 21.1 Å². The predicted octanol–water partition coefficient (Wildman–Crippen LogP) is 4.12. The molecule has 0 bridgehead atoms. The Morgan fingerprint density at radius 3 is 2.40 bits per heavy atom. The second-order valence-corrected chi connectivity index (χ2v) is 7.14. The Labute approximate surface area is 175 Å². The number of carbonyl (C=O) groups excluding carboxylic acids is 3. The molecule has 3 amide bonds. The van der Waals surface area contributed by atoms with Crippen LogP contribution in [0, 0.1) is 0 Å². The molecule has 2 heterocycles. The third-order valence-electron chi connectivity index (χ3n) is 4.86. The summed E-state index contributed by atoms with van der Waals surface area (Å²) in [7, 11) is 0. The number of rotatable bonds is 3. The molecule has 5 rings (SSSR count). The molecule has 8 heteroatoms. The molecule has 0 fully saturated rings. The molecule has 0 saturated carbocycles. The fourth-order valence-corrected chi connectivity index (χ4v) is 3.51. The first kappa shape index (κ1) is 18.2. The zero-order chi connectivity index (χ0) is 20.8. The third-order valence-corrected chi connectivity index (χ3v) is 5.12. The summed E-state index contributed by atoms with van der Waals surface area (Å²) >= 11 is 5.89. The van der Waals surface area contributed by atoms with Crippen molar-refractivity contribution in [2.24, 2.45) is 0 Å². The maximum Gasteiger partial charge on any atom is 0.266 e. The average molecular weight is 421 g/mol. The number of carbonyl (C=O) groups is 3. The average Bonchev–Trinajstić information content (AvgIpc) is 3.31. The Balaban J connectivity index is 1.41. The summed E-state index contributed by atoms with van der Waals surface area (Å²) < 4.78 is 10.6. The zero-order valence-electron chi connectivity index (χ0n) is 15.3. The van der Waals surface area contributed by atoms with E-state index in [1.165, 1.54) is 18.2 Å². The van der Waals surface area contributed by atoms with Gasteiger partial charge in [0.05, 0.1) is 16.8 Å². The fraction of sp³-hybridized carbons (Fsp3) is 0.0455. The van der Waals surface area contributed by atoms with E-state index in [2.05, 4.69) is 5.32 Å². The fourth-order valence-electron chi connectivity index (χ4n) is 3.38. The monoisotopic (exact) mass is 420 g/mol. The summed E-state index contributed by atoms with van der Waals surface area (Å²) in [4.78, 5) is 39.3. The number of benzene rings is 3. The van der Waals surface area contributed by atoms with Crippen molar-refractivity contribution < 1.29 is 23.9 Å². The van der Waals surface area contributed by atoms with Crippen LogP contribution < -0.4 is 19.7 Å². The third kappa shape index (κ3) is 2.96. The number of fused-ring (bicyclic) bond motifs is 2. The molecule has 3 aromatic rings. The standard InChI is InChI=1S/C22H13ClN2O5/c23-13-2-5-15(6-3-13)25-21(27)16-7-1-12(9-17(16)22(25)28)20(26)24-14-4-8-18-19(10-14)30-11-29-18/h1-10H,11H2,(H,24,26). The second kappa shape index (κ2) is 6.89. The second-order valence-electron chi connectivity index (χ2n) is 6.70. The van der Waals surface area contributed by atoms with E-state index in [1.807, 2.05) is 0 Å². The molecule has 2 aliphatic heterocycles. The van der Waals surface area contributed by atoms with Crippen LogP contribution in [0.2, 0.25) is 5.02 Å². The molecule has 0 aromatic heterocycles. The van der Waals surface area contributed by atoms with Crippen LogP contribution in [0.15, 0.2) is 60.7 Å². The van der Waals surface area contributed by atoms with Gasteiger partial charge in [0, 0.05) is 22.3 Å². The molecule has 0 spiro atoms. The number of hydrogen-bond acceptors (Lipinski definition) is 5. The van der Waals surface area contributed by atoms with Gasteiger partial charge in [0.2, 0.25) is 6.79 Å². The van der Waals surface area contributed by atoms with Gasteiger partial charge >= 0.3 is 0 Å². The van der Waals surface area contributed by atoms with Crippen molar-refractivity contribution in [2.75, 3.05) is 17.0 Å². The van der Waals surface area contributed by atoms with E-state index >= 15 is 0 Å². The maximum absolute atomic E-state index is 12.9. The van der Waals surface area contributed by atoms with Gasteiger partial charge in [0.15, 0.2) is 11.5 Å². The van der Waals surface area contributed by atoms with Crippen LogP contribution in [0.25, 0.3) is 0 Å². The molecule has 7 nitrogen and oxygen atoms in total. The van der Waals surface area contributed by atoms with E-state index in [0.717, 1.165) is 4.90 Å². The van der Waals surface area contributed by atoms with E-state index in [0.29, 0.717) is 27.9 Å². The maximum atomic E-state index is 12.9. The highest BCUT2D eigenvalue weighted by Gasteiger charge is 2.37. The molecule has 3 aromatic carbocycles. The van der Waals surface area contributed by atoms with Gasteiger partial charge in [-0.25, -0.2) is 4.90 Å². The minimum absolute atomic E-state index is 0.137. The molecule has 2 aliphatic rings. The summed E-state index contributed by atoms with van der Waals surface area (Å²) in [5.41, 5.74) is 1.61. The number of nitrogens with zero attached hydrogens (tertiary/aromatic N) is 1. The smallest absolute Gasteiger partial charge is 0.266 e. The molecule has 0 radical (unpaired) electrons. The lowest BCUT2D eigenvalue weighted by Gasteiger charge is -2.13. The van der Waals surface area contributed by atoms with Crippen molar-refractivity contribution >= 4 is 40.7 Å². The number of amides is 3. The van der Waals surface area contributed by atoms with Crippen LogP contribution in [0.1, 0.15) is 31.1 Å². The molecular weight excluding hydrogens is 408 g/mol. The molecule has 0 atom stereocenters. The summed E-state index contributed by atoms with van der Waals surface area (Å²) in [6.07, 6.45) is 0. The van der Waals surface area contributed by atoms with Crippen LogP contribution in [0.3, 0.4) is 0 Å². The Bertz CT molecular complexity index is 1220. The lowest BCUT2D eigenvalue weighted by Crippen LogP contribution is -2.29. The highest BCUT2D eigenvalue weighted by molar-refractivity contribution is 6.35. The van der Waals surface area contributed by atoms with Crippen LogP contribution in [0.4, 0.5) is 11.4 Å². The summed E-state index contributed by atoms with van der Waals surface area (Å²) in [6, 6.07) is 15.9. The number of nitrogens with one attached hydrogen (secondary N) is 1. The number of hydrogen-bond donors (Lipinski definition) is 1. The Morgan fingerprint density at radius 2 is 1.60 bits per heavy atom. The normalized spacial score (nSPS) is 14.1. The SMILES string of the molecule is O=C(Nc1ccc2c(c1)OCO2)c1ccc2c(c1)C(=O)N(c1ccc(Cl)cc1)C2=O. The first-order chi connectivity index (χ1) is 14.5. The Hall–Kier alpha value is -3.84. The van der Waals surface area contributed by atoms with Crippen molar-refractivity contribution in [1.82, 2.24) is 0 Å². The van der Waals surface area contributed by atoms with Crippen LogP contribution in [-0.4, -0.2) is 24.5 Å². The quantitative estimate of drug-likeness (QED) is 0.644. The first-order valence-electron chi connectivity index (χ1n) is 9.01. The molecule has 0 unspecified atom stereocenters. The Morgan fingerprint density at radius 1 is 0.867 bits per heavy atom. The molecule has 1 N–H and O–H groups in total. The summed E-state index contributed by atoms with van der Waals surface area (Å²) in [5.74, 6) is -0.199. The van der Waals surface area contributed by atoms with Crippen molar-refractivity contribution in [2.45, 2.75) is 0 Å². The summed E-state index contributed by atoms with van der Waals surface area (Å²) in [6.45, 7) is 0.137. The van der Waals surface area contributed by atoms with Gasteiger partial charge in [-0.2, -0.15) is 0 Å². The zero-order valence-corrected chi connectivity index (χ0v) is 16.1. The van der Waals surface area contributed by atoms with Crippen LogP contribution in [0.5, 0.6) is 11.5 Å². The summed E-state index contributed by atoms with van der Waals surface area (Å²) in [5, 5.41) is 3.25. The van der Waals surface area contributed by atoms with Crippen molar-refractivity contribution in [3.8, 4) is 11.5 Å². The molecule has 0 aliphatic carbocycles. The van der Waals surface area contributed by atoms with Crippen molar-refractivity contribution in [3.63, 3.8) is 0 Å². The highest BCUT2D eigenvalue weighted by Crippen LogP contribution is 2.34. The largest absolute Gasteiger partial charge is 0.454 e. The lowest BCUT2D eigenvalue weighted by molar-refractivity contribution is 0.0925. The molecule has 0 saturated heterocycles. The minimum Gasteiger partial charge on any atom is -0.454 e. The van der Waals surface area contributed by atoms with Crippen molar-refractivity contribution in [3.05, 3.63) is 82.4 Å². The topological polar surface area (TPSA) is 84.9 Å². The van der Waals surface area contributed by atoms with E-state index in [-0.39, 0.29) is 23.5 Å². The first-order valence-corrected chi connectivity index (χ1v) is 9.38. The van der Waals surface area contributed by atoms with Gasteiger partial charge in [0.1, 0.15) is 0 Å². The van der Waals surface area contributed by atoms with Crippen molar-refractivity contribution in [1.29, 1.82) is 0 Å². The lowest BCUT2D eigenvalue weighted by atomic mass is 10.1. The minimum atomic E-state index is -0.491. The van der Waals surface area contributed by atoms with E-state index in [1.54, 1.807) is 42.5 Å². The highest BCUT2D eigenvalue weighted by atomic mass is 35.5. The Kier molecular flexibility index (Phi) is 4.18. The van der Waals surface area contributed by atoms with E-state index < -0.39 is 17.7 Å².